The molecule has 2 aliphatic carbocycles. The number of rotatable bonds is 3. The SMILES string of the molecule is NC1=NC(Nc2ccccc2)=NC(c2ccccc2)([C@@H]2C[C@@H]3CC[C@H]2C3)N1. The molecule has 2 aromatic rings. The lowest BCUT2D eigenvalue weighted by Gasteiger charge is -2.43. The van der Waals surface area contributed by atoms with Crippen molar-refractivity contribution in [3.63, 3.8) is 0 Å². The Morgan fingerprint density at radius 1 is 0.963 bits per heavy atom. The Kier molecular flexibility index (Phi) is 3.88. The molecular formula is C22H25N5. The van der Waals surface area contributed by atoms with E-state index in [9.17, 15) is 0 Å². The lowest BCUT2D eigenvalue weighted by molar-refractivity contribution is 0.171. The standard InChI is InChI=1S/C22H25N5/c23-20-25-21(24-18-9-5-2-6-10-18)27-22(26-20,17-7-3-1-4-8-17)19-14-15-11-12-16(19)13-15/h1-10,15-16,19H,11-14H2,(H4,23,24,25,26,27)/t15-,16+,19-,22?/m1/s1. The van der Waals surface area contributed by atoms with E-state index in [1.165, 1.54) is 25.7 Å². The van der Waals surface area contributed by atoms with Crippen molar-refractivity contribution in [2.75, 3.05) is 5.32 Å². The van der Waals surface area contributed by atoms with Crippen LogP contribution >= 0.6 is 0 Å². The average Bonchev–Trinajstić information content (AvgIpc) is 3.33. The second kappa shape index (κ2) is 6.41. The van der Waals surface area contributed by atoms with E-state index >= 15 is 0 Å². The number of hydrogen-bond donors (Lipinski definition) is 3. The van der Waals surface area contributed by atoms with Crippen molar-refractivity contribution in [3.8, 4) is 0 Å². The van der Waals surface area contributed by atoms with Crippen LogP contribution in [-0.4, -0.2) is 11.9 Å². The van der Waals surface area contributed by atoms with E-state index in [4.69, 9.17) is 10.7 Å². The normalized spacial score (nSPS) is 31.8. The summed E-state index contributed by atoms with van der Waals surface area (Å²) in [5.41, 5.74) is 7.85. The summed E-state index contributed by atoms with van der Waals surface area (Å²) in [4.78, 5) is 9.61. The average molecular weight is 359 g/mol. The van der Waals surface area contributed by atoms with Crippen LogP contribution < -0.4 is 16.4 Å². The first-order valence-electron chi connectivity index (χ1n) is 9.83. The summed E-state index contributed by atoms with van der Waals surface area (Å²) >= 11 is 0. The van der Waals surface area contributed by atoms with E-state index in [0.29, 0.717) is 23.8 Å². The monoisotopic (exact) mass is 359 g/mol. The maximum absolute atomic E-state index is 6.28. The van der Waals surface area contributed by atoms with Gasteiger partial charge in [0, 0.05) is 11.6 Å². The largest absolute Gasteiger partial charge is 0.370 e. The Bertz CT molecular complexity index is 876. The van der Waals surface area contributed by atoms with Gasteiger partial charge in [0.15, 0.2) is 11.6 Å². The molecule has 0 saturated heterocycles. The Morgan fingerprint density at radius 2 is 1.70 bits per heavy atom. The molecule has 4 N–H and O–H groups in total. The molecule has 3 aliphatic rings. The molecule has 2 aromatic carbocycles. The zero-order valence-corrected chi connectivity index (χ0v) is 15.3. The van der Waals surface area contributed by atoms with Gasteiger partial charge in [-0.25, -0.2) is 4.99 Å². The van der Waals surface area contributed by atoms with Crippen molar-refractivity contribution in [2.45, 2.75) is 31.3 Å². The summed E-state index contributed by atoms with van der Waals surface area (Å²) in [6.07, 6.45) is 5.16. The van der Waals surface area contributed by atoms with Gasteiger partial charge < -0.3 is 16.4 Å². The number of para-hydroxylation sites is 1. The quantitative estimate of drug-likeness (QED) is 0.783. The number of guanidine groups is 2. The Hall–Kier alpha value is -2.82. The first-order chi connectivity index (χ1) is 13.2. The van der Waals surface area contributed by atoms with Crippen LogP contribution in [0.3, 0.4) is 0 Å². The van der Waals surface area contributed by atoms with Crippen LogP contribution in [0.4, 0.5) is 5.69 Å². The van der Waals surface area contributed by atoms with Crippen molar-refractivity contribution in [3.05, 3.63) is 66.2 Å². The smallest absolute Gasteiger partial charge is 0.228 e. The lowest BCUT2D eigenvalue weighted by atomic mass is 9.75. The number of hydrogen-bond acceptors (Lipinski definition) is 5. The van der Waals surface area contributed by atoms with Gasteiger partial charge in [-0.2, -0.15) is 4.99 Å². The van der Waals surface area contributed by atoms with E-state index in [-0.39, 0.29) is 0 Å². The van der Waals surface area contributed by atoms with Gasteiger partial charge in [0.25, 0.3) is 0 Å². The topological polar surface area (TPSA) is 74.8 Å². The highest BCUT2D eigenvalue weighted by Gasteiger charge is 2.53. The minimum Gasteiger partial charge on any atom is -0.370 e. The third-order valence-corrected chi connectivity index (χ3v) is 6.35. The molecule has 2 fully saturated rings. The van der Waals surface area contributed by atoms with Crippen molar-refractivity contribution in [1.29, 1.82) is 0 Å². The van der Waals surface area contributed by atoms with Gasteiger partial charge in [-0.3, -0.25) is 0 Å². The fourth-order valence-corrected chi connectivity index (χ4v) is 5.24. The summed E-state index contributed by atoms with van der Waals surface area (Å²) in [6, 6.07) is 20.5. The minimum atomic E-state index is -0.552. The highest BCUT2D eigenvalue weighted by molar-refractivity contribution is 6.03. The fraction of sp³-hybridized carbons (Fsp3) is 0.364. The summed E-state index contributed by atoms with van der Waals surface area (Å²) in [7, 11) is 0. The maximum Gasteiger partial charge on any atom is 0.228 e. The molecule has 27 heavy (non-hydrogen) atoms. The fourth-order valence-electron chi connectivity index (χ4n) is 5.24. The van der Waals surface area contributed by atoms with Crippen molar-refractivity contribution < 1.29 is 0 Å². The summed E-state index contributed by atoms with van der Waals surface area (Å²) < 4.78 is 0. The molecule has 2 bridgehead atoms. The third kappa shape index (κ3) is 2.87. The lowest BCUT2D eigenvalue weighted by Crippen LogP contribution is -2.56. The molecule has 5 rings (SSSR count). The van der Waals surface area contributed by atoms with Crippen LogP contribution in [0.5, 0.6) is 0 Å². The zero-order valence-electron chi connectivity index (χ0n) is 15.3. The predicted octanol–water partition coefficient (Wildman–Crippen LogP) is 3.66. The Labute approximate surface area is 159 Å². The molecule has 1 heterocycles. The first kappa shape index (κ1) is 16.4. The van der Waals surface area contributed by atoms with Gasteiger partial charge in [0.1, 0.15) is 0 Å². The molecule has 0 amide bonds. The molecule has 1 aliphatic heterocycles. The van der Waals surface area contributed by atoms with Crippen molar-refractivity contribution in [2.24, 2.45) is 33.5 Å². The minimum absolute atomic E-state index is 0.426. The van der Waals surface area contributed by atoms with Gasteiger partial charge >= 0.3 is 0 Å². The number of nitrogens with two attached hydrogens (primary N) is 1. The number of nitrogens with zero attached hydrogens (tertiary/aromatic N) is 2. The van der Waals surface area contributed by atoms with Gasteiger partial charge in [0.05, 0.1) is 0 Å². The second-order valence-electron chi connectivity index (χ2n) is 7.96. The molecule has 0 aromatic heterocycles. The van der Waals surface area contributed by atoms with E-state index in [0.717, 1.165) is 17.2 Å². The van der Waals surface area contributed by atoms with E-state index in [1.54, 1.807) is 0 Å². The van der Waals surface area contributed by atoms with Gasteiger partial charge in [-0.05, 0) is 48.8 Å². The van der Waals surface area contributed by atoms with Crippen LogP contribution in [-0.2, 0) is 5.66 Å². The second-order valence-corrected chi connectivity index (χ2v) is 7.96. The molecule has 138 valence electrons. The molecule has 2 saturated carbocycles. The molecule has 5 heteroatoms. The van der Waals surface area contributed by atoms with Crippen LogP contribution in [0.2, 0.25) is 0 Å². The highest BCUT2D eigenvalue weighted by atomic mass is 15.3. The van der Waals surface area contributed by atoms with Crippen LogP contribution in [0.1, 0.15) is 31.2 Å². The number of nitrogens with one attached hydrogen (secondary N) is 2. The summed E-state index contributed by atoms with van der Waals surface area (Å²) in [5, 5.41) is 6.83. The van der Waals surface area contributed by atoms with Gasteiger partial charge in [-0.15, -0.1) is 0 Å². The van der Waals surface area contributed by atoms with E-state index < -0.39 is 5.66 Å². The Balaban J connectivity index is 1.58. The number of aliphatic imine (C=N–C) groups is 2. The van der Waals surface area contributed by atoms with Crippen LogP contribution in [0.25, 0.3) is 0 Å². The van der Waals surface area contributed by atoms with Crippen LogP contribution in [0, 0.1) is 17.8 Å². The highest BCUT2D eigenvalue weighted by Crippen LogP contribution is 2.55. The Morgan fingerprint density at radius 3 is 2.37 bits per heavy atom. The number of fused-ring (bicyclic) bond motifs is 2. The molecular weight excluding hydrogens is 334 g/mol. The van der Waals surface area contributed by atoms with Gasteiger partial charge in [-0.1, -0.05) is 55.0 Å². The maximum atomic E-state index is 6.28. The predicted molar refractivity (Wildman–Crippen MR) is 109 cm³/mol. The van der Waals surface area contributed by atoms with Crippen molar-refractivity contribution >= 4 is 17.6 Å². The number of anilines is 1. The molecule has 0 radical (unpaired) electrons. The zero-order chi connectivity index (χ0) is 18.3. The van der Waals surface area contributed by atoms with E-state index in [1.807, 2.05) is 36.4 Å². The summed E-state index contributed by atoms with van der Waals surface area (Å²) in [5.74, 6) is 2.94. The molecule has 1 unspecified atom stereocenters. The number of benzene rings is 2. The van der Waals surface area contributed by atoms with Gasteiger partial charge in [0.2, 0.25) is 5.96 Å². The van der Waals surface area contributed by atoms with E-state index in [2.05, 4.69) is 39.9 Å². The molecule has 5 nitrogen and oxygen atoms in total. The summed E-state index contributed by atoms with van der Waals surface area (Å²) in [6.45, 7) is 0. The van der Waals surface area contributed by atoms with Crippen molar-refractivity contribution in [1.82, 2.24) is 5.32 Å². The third-order valence-electron chi connectivity index (χ3n) is 6.35. The molecule has 0 spiro atoms. The molecule has 4 atom stereocenters. The van der Waals surface area contributed by atoms with Crippen LogP contribution in [0.15, 0.2) is 70.6 Å². The first-order valence-corrected chi connectivity index (χ1v) is 9.83.